The third-order valence-corrected chi connectivity index (χ3v) is 6.36. The molecular formula is C26H22N4O5S. The van der Waals surface area contributed by atoms with E-state index in [1.165, 1.54) is 24.4 Å². The highest BCUT2D eigenvalue weighted by Gasteiger charge is 2.20. The molecular weight excluding hydrogens is 480 g/mol. The van der Waals surface area contributed by atoms with Gasteiger partial charge in [-0.05, 0) is 42.8 Å². The second-order valence-corrected chi connectivity index (χ2v) is 9.46. The lowest BCUT2D eigenvalue weighted by Crippen LogP contribution is -2.15. The highest BCUT2D eigenvalue weighted by atomic mass is 32.2. The molecule has 2 heterocycles. The molecule has 0 unspecified atom stereocenters. The van der Waals surface area contributed by atoms with Crippen molar-refractivity contribution in [3.63, 3.8) is 0 Å². The molecule has 2 aromatic carbocycles. The molecule has 36 heavy (non-hydrogen) atoms. The van der Waals surface area contributed by atoms with Gasteiger partial charge in [-0.1, -0.05) is 42.0 Å². The molecule has 0 bridgehead atoms. The first-order chi connectivity index (χ1) is 17.3. The molecule has 2 aromatic heterocycles. The number of nitrogens with zero attached hydrogens (tertiary/aromatic N) is 3. The number of pyridine rings is 1. The lowest BCUT2D eigenvalue weighted by atomic mass is 10.1. The minimum Gasteiger partial charge on any atom is -0.478 e. The second kappa shape index (κ2) is 10.8. The number of nitrogens with one attached hydrogen (secondary N) is 1. The SMILES string of the molecule is Cc1ccc(S(=O)(=O)Nc2ncc(-c3cccc(C=CC(=O)O)c3)nc2OCc2cccnc2)cc1. The fourth-order valence-electron chi connectivity index (χ4n) is 3.19. The number of carboxylic acids is 1. The fraction of sp³-hybridized carbons (Fsp3) is 0.0769. The van der Waals surface area contributed by atoms with E-state index < -0.39 is 16.0 Å². The Balaban J connectivity index is 1.69. The van der Waals surface area contributed by atoms with Crippen molar-refractivity contribution in [2.24, 2.45) is 0 Å². The Kier molecular flexibility index (Phi) is 7.36. The lowest BCUT2D eigenvalue weighted by molar-refractivity contribution is -0.131. The Morgan fingerprint density at radius 1 is 1.08 bits per heavy atom. The molecule has 0 radical (unpaired) electrons. The predicted octanol–water partition coefficient (Wildman–Crippen LogP) is 4.32. The number of hydrogen-bond acceptors (Lipinski definition) is 7. The van der Waals surface area contributed by atoms with Crippen LogP contribution in [-0.2, 0) is 21.4 Å². The molecule has 9 nitrogen and oxygen atoms in total. The number of aryl methyl sites for hydroxylation is 1. The number of aliphatic carboxylic acids is 1. The first kappa shape index (κ1) is 24.6. The number of ether oxygens (including phenoxy) is 1. The molecule has 0 spiro atoms. The van der Waals surface area contributed by atoms with Gasteiger partial charge in [0, 0.05) is 29.6 Å². The van der Waals surface area contributed by atoms with Gasteiger partial charge in [0.2, 0.25) is 5.82 Å². The number of rotatable bonds is 9. The van der Waals surface area contributed by atoms with Crippen molar-refractivity contribution >= 4 is 27.9 Å². The molecule has 4 rings (SSSR count). The highest BCUT2D eigenvalue weighted by Crippen LogP contribution is 2.28. The van der Waals surface area contributed by atoms with E-state index >= 15 is 0 Å². The standard InChI is InChI=1S/C26H22N4O5S/c1-18-7-10-22(11-8-18)36(33,34)30-25-26(35-17-20-5-3-13-27-15-20)29-23(16-28-25)21-6-2-4-19(14-21)9-12-24(31)32/h2-16H,17H2,1H3,(H,28,30)(H,31,32). The summed E-state index contributed by atoms with van der Waals surface area (Å²) >= 11 is 0. The maximum atomic E-state index is 13.0. The number of aromatic nitrogens is 3. The van der Waals surface area contributed by atoms with Crippen molar-refractivity contribution in [2.75, 3.05) is 4.72 Å². The van der Waals surface area contributed by atoms with Crippen molar-refractivity contribution in [2.45, 2.75) is 18.4 Å². The van der Waals surface area contributed by atoms with E-state index in [4.69, 9.17) is 9.84 Å². The Morgan fingerprint density at radius 3 is 2.61 bits per heavy atom. The molecule has 0 amide bonds. The zero-order chi connectivity index (χ0) is 25.5. The van der Waals surface area contributed by atoms with Crippen LogP contribution in [0.2, 0.25) is 0 Å². The summed E-state index contributed by atoms with van der Waals surface area (Å²) in [5.74, 6) is -1.14. The molecule has 0 aliphatic heterocycles. The van der Waals surface area contributed by atoms with Crippen molar-refractivity contribution in [1.82, 2.24) is 15.0 Å². The molecule has 0 aliphatic carbocycles. The average Bonchev–Trinajstić information content (AvgIpc) is 2.88. The predicted molar refractivity (Wildman–Crippen MR) is 135 cm³/mol. The first-order valence-corrected chi connectivity index (χ1v) is 12.3. The minimum atomic E-state index is -3.94. The number of carbonyl (C=O) groups is 1. The molecule has 10 heteroatoms. The number of benzene rings is 2. The van der Waals surface area contributed by atoms with Crippen LogP contribution in [-0.4, -0.2) is 34.4 Å². The summed E-state index contributed by atoms with van der Waals surface area (Å²) in [5.41, 5.74) is 3.41. The van der Waals surface area contributed by atoms with Crippen LogP contribution >= 0.6 is 0 Å². The zero-order valence-electron chi connectivity index (χ0n) is 19.2. The van der Waals surface area contributed by atoms with Crippen LogP contribution in [0.1, 0.15) is 16.7 Å². The van der Waals surface area contributed by atoms with Crippen LogP contribution in [0.4, 0.5) is 5.82 Å². The summed E-state index contributed by atoms with van der Waals surface area (Å²) in [6.07, 6.45) is 7.19. The summed E-state index contributed by atoms with van der Waals surface area (Å²) < 4.78 is 34.3. The van der Waals surface area contributed by atoms with Gasteiger partial charge in [-0.2, -0.15) is 0 Å². The Morgan fingerprint density at radius 2 is 1.89 bits per heavy atom. The highest BCUT2D eigenvalue weighted by molar-refractivity contribution is 7.92. The number of anilines is 1. The Hall–Kier alpha value is -4.57. The summed E-state index contributed by atoms with van der Waals surface area (Å²) in [6.45, 7) is 1.96. The van der Waals surface area contributed by atoms with Crippen molar-refractivity contribution in [3.05, 3.63) is 102 Å². The second-order valence-electron chi connectivity index (χ2n) is 7.77. The summed E-state index contributed by atoms with van der Waals surface area (Å²) in [4.78, 5) is 23.8. The van der Waals surface area contributed by atoms with Crippen LogP contribution < -0.4 is 9.46 Å². The maximum absolute atomic E-state index is 13.0. The molecule has 4 aromatic rings. The van der Waals surface area contributed by atoms with Gasteiger partial charge in [0.05, 0.1) is 16.8 Å². The van der Waals surface area contributed by atoms with Crippen LogP contribution in [0.25, 0.3) is 17.3 Å². The van der Waals surface area contributed by atoms with Gasteiger partial charge < -0.3 is 9.84 Å². The summed E-state index contributed by atoms with van der Waals surface area (Å²) in [5, 5.41) is 8.88. The molecule has 0 saturated heterocycles. The lowest BCUT2D eigenvalue weighted by Gasteiger charge is -2.13. The monoisotopic (exact) mass is 502 g/mol. The van der Waals surface area contributed by atoms with E-state index in [0.29, 0.717) is 16.8 Å². The van der Waals surface area contributed by atoms with Crippen molar-refractivity contribution in [3.8, 4) is 17.1 Å². The van der Waals surface area contributed by atoms with Gasteiger partial charge in [0.15, 0.2) is 0 Å². The van der Waals surface area contributed by atoms with Crippen LogP contribution in [0.15, 0.2) is 90.2 Å². The van der Waals surface area contributed by atoms with Crippen molar-refractivity contribution < 1.29 is 23.1 Å². The van der Waals surface area contributed by atoms with E-state index in [0.717, 1.165) is 17.2 Å². The fourth-order valence-corrected chi connectivity index (χ4v) is 4.20. The average molecular weight is 503 g/mol. The third kappa shape index (κ3) is 6.30. The topological polar surface area (TPSA) is 131 Å². The van der Waals surface area contributed by atoms with Crippen LogP contribution in [0.5, 0.6) is 5.88 Å². The van der Waals surface area contributed by atoms with Gasteiger partial charge in [-0.25, -0.2) is 23.2 Å². The van der Waals surface area contributed by atoms with E-state index in [9.17, 15) is 13.2 Å². The van der Waals surface area contributed by atoms with Gasteiger partial charge in [-0.3, -0.25) is 9.71 Å². The number of carboxylic acid groups (broad SMARTS) is 1. The van der Waals surface area contributed by atoms with Crippen LogP contribution in [0.3, 0.4) is 0 Å². The summed E-state index contributed by atoms with van der Waals surface area (Å²) in [6, 6.07) is 17.0. The Bertz CT molecular complexity index is 1510. The largest absolute Gasteiger partial charge is 0.478 e. The van der Waals surface area contributed by atoms with Gasteiger partial charge >= 0.3 is 5.97 Å². The summed E-state index contributed by atoms with van der Waals surface area (Å²) in [7, 11) is -3.94. The number of sulfonamides is 1. The molecule has 0 atom stereocenters. The molecule has 0 saturated carbocycles. The van der Waals surface area contributed by atoms with E-state index in [1.54, 1.807) is 54.9 Å². The van der Waals surface area contributed by atoms with E-state index in [1.807, 2.05) is 13.0 Å². The quantitative estimate of drug-likeness (QED) is 0.324. The molecule has 0 fully saturated rings. The van der Waals surface area contributed by atoms with Crippen LogP contribution in [0, 0.1) is 6.92 Å². The van der Waals surface area contributed by atoms with Gasteiger partial charge in [0.1, 0.15) is 6.61 Å². The molecule has 0 aliphatic rings. The molecule has 2 N–H and O–H groups in total. The van der Waals surface area contributed by atoms with E-state index in [-0.39, 0.29) is 23.2 Å². The zero-order valence-corrected chi connectivity index (χ0v) is 20.0. The first-order valence-electron chi connectivity index (χ1n) is 10.8. The molecule has 182 valence electrons. The minimum absolute atomic E-state index is 0.0153. The maximum Gasteiger partial charge on any atom is 0.328 e. The van der Waals surface area contributed by atoms with E-state index in [2.05, 4.69) is 19.7 Å². The third-order valence-electron chi connectivity index (χ3n) is 5.00. The number of hydrogen-bond donors (Lipinski definition) is 2. The smallest absolute Gasteiger partial charge is 0.328 e. The van der Waals surface area contributed by atoms with Crippen molar-refractivity contribution in [1.29, 1.82) is 0 Å². The van der Waals surface area contributed by atoms with Gasteiger partial charge in [-0.15, -0.1) is 0 Å². The normalized spacial score (nSPS) is 11.4. The van der Waals surface area contributed by atoms with Gasteiger partial charge in [0.25, 0.3) is 15.9 Å². The Labute approximate surface area is 208 Å².